The number of anilines is 1. The number of rotatable bonds is 11. The van der Waals surface area contributed by atoms with Crippen molar-refractivity contribution in [1.82, 2.24) is 10.2 Å². The SMILES string of the molecule is CCC(COC(C)C)C(CC)c1nnc(NC(=O)c2c(OC)cccc2OC)s1. The number of aromatic nitrogens is 2. The summed E-state index contributed by atoms with van der Waals surface area (Å²) in [4.78, 5) is 12.8. The first-order valence-corrected chi connectivity index (χ1v) is 10.7. The predicted octanol–water partition coefficient (Wildman–Crippen LogP) is 4.75. The summed E-state index contributed by atoms with van der Waals surface area (Å²) in [6, 6.07) is 5.21. The van der Waals surface area contributed by atoms with Crippen molar-refractivity contribution >= 4 is 22.4 Å². The van der Waals surface area contributed by atoms with Gasteiger partial charge in [0.2, 0.25) is 5.13 Å². The number of amides is 1. The summed E-state index contributed by atoms with van der Waals surface area (Å²) in [5, 5.41) is 12.7. The third kappa shape index (κ3) is 5.90. The van der Waals surface area contributed by atoms with Gasteiger partial charge in [-0.3, -0.25) is 10.1 Å². The van der Waals surface area contributed by atoms with Crippen LogP contribution < -0.4 is 14.8 Å². The number of carbonyl (C=O) groups excluding carboxylic acids is 1. The maximum Gasteiger partial charge on any atom is 0.265 e. The van der Waals surface area contributed by atoms with E-state index < -0.39 is 0 Å². The van der Waals surface area contributed by atoms with Crippen molar-refractivity contribution in [1.29, 1.82) is 0 Å². The zero-order valence-corrected chi connectivity index (χ0v) is 18.8. The van der Waals surface area contributed by atoms with Gasteiger partial charge in [0.25, 0.3) is 5.91 Å². The fourth-order valence-corrected chi connectivity index (χ4v) is 4.23. The lowest BCUT2D eigenvalue weighted by Gasteiger charge is -2.24. The fourth-order valence-electron chi connectivity index (χ4n) is 3.21. The Bertz CT molecular complexity index is 772. The van der Waals surface area contributed by atoms with Gasteiger partial charge in [0.05, 0.1) is 26.9 Å². The van der Waals surface area contributed by atoms with E-state index in [1.807, 2.05) is 13.8 Å². The van der Waals surface area contributed by atoms with Crippen LogP contribution in [0, 0.1) is 5.92 Å². The van der Waals surface area contributed by atoms with Crippen molar-refractivity contribution in [3.05, 3.63) is 28.8 Å². The topological polar surface area (TPSA) is 82.6 Å². The van der Waals surface area contributed by atoms with Gasteiger partial charge in [0.15, 0.2) is 0 Å². The first-order valence-electron chi connectivity index (χ1n) is 9.92. The van der Waals surface area contributed by atoms with E-state index in [-0.39, 0.29) is 17.9 Å². The van der Waals surface area contributed by atoms with Crippen LogP contribution in [0.25, 0.3) is 0 Å². The molecule has 0 spiro atoms. The zero-order chi connectivity index (χ0) is 21.4. The number of nitrogens with zero attached hydrogens (tertiary/aromatic N) is 2. The molecule has 160 valence electrons. The Morgan fingerprint density at radius 1 is 1.10 bits per heavy atom. The van der Waals surface area contributed by atoms with Gasteiger partial charge >= 0.3 is 0 Å². The van der Waals surface area contributed by atoms with Crippen molar-refractivity contribution in [2.24, 2.45) is 5.92 Å². The molecule has 0 aliphatic heterocycles. The summed E-state index contributed by atoms with van der Waals surface area (Å²) >= 11 is 1.40. The van der Waals surface area contributed by atoms with E-state index in [9.17, 15) is 4.79 Å². The minimum atomic E-state index is -0.342. The maximum absolute atomic E-state index is 12.8. The number of nitrogens with one attached hydrogen (secondary N) is 1. The minimum absolute atomic E-state index is 0.196. The number of hydrogen-bond donors (Lipinski definition) is 1. The summed E-state index contributed by atoms with van der Waals surface area (Å²) in [7, 11) is 3.04. The monoisotopic (exact) mass is 421 g/mol. The molecule has 2 atom stereocenters. The molecule has 0 aliphatic carbocycles. The van der Waals surface area contributed by atoms with E-state index in [2.05, 4.69) is 29.4 Å². The molecule has 1 amide bonds. The van der Waals surface area contributed by atoms with Gasteiger partial charge in [0.1, 0.15) is 22.1 Å². The average molecular weight is 422 g/mol. The van der Waals surface area contributed by atoms with E-state index in [1.165, 1.54) is 25.6 Å². The van der Waals surface area contributed by atoms with E-state index in [0.717, 1.165) is 17.8 Å². The van der Waals surface area contributed by atoms with Gasteiger partial charge < -0.3 is 14.2 Å². The summed E-state index contributed by atoms with van der Waals surface area (Å²) in [5.74, 6) is 1.13. The highest BCUT2D eigenvalue weighted by molar-refractivity contribution is 7.15. The molecular formula is C21H31N3O4S. The van der Waals surface area contributed by atoms with Crippen molar-refractivity contribution in [3.63, 3.8) is 0 Å². The van der Waals surface area contributed by atoms with Gasteiger partial charge in [-0.2, -0.15) is 0 Å². The molecule has 0 saturated heterocycles. The molecule has 8 heteroatoms. The number of hydrogen-bond acceptors (Lipinski definition) is 7. The van der Waals surface area contributed by atoms with Crippen LogP contribution in [0.1, 0.15) is 61.8 Å². The second-order valence-corrected chi connectivity index (χ2v) is 8.01. The second-order valence-electron chi connectivity index (χ2n) is 7.00. The first kappa shape index (κ1) is 23.1. The Balaban J connectivity index is 2.18. The summed E-state index contributed by atoms with van der Waals surface area (Å²) in [6.45, 7) is 9.07. The Hall–Kier alpha value is -2.19. The molecule has 1 N–H and O–H groups in total. The van der Waals surface area contributed by atoms with Crippen molar-refractivity contribution < 1.29 is 19.0 Å². The molecule has 7 nitrogen and oxygen atoms in total. The van der Waals surface area contributed by atoms with Crippen LogP contribution in [0.2, 0.25) is 0 Å². The van der Waals surface area contributed by atoms with Gasteiger partial charge in [-0.15, -0.1) is 10.2 Å². The normalized spacial score (nSPS) is 13.2. The fraction of sp³-hybridized carbons (Fsp3) is 0.571. The minimum Gasteiger partial charge on any atom is -0.496 e. The zero-order valence-electron chi connectivity index (χ0n) is 18.0. The molecule has 2 rings (SSSR count). The third-order valence-electron chi connectivity index (χ3n) is 4.81. The molecule has 0 radical (unpaired) electrons. The number of carbonyl (C=O) groups is 1. The lowest BCUT2D eigenvalue weighted by atomic mass is 9.89. The van der Waals surface area contributed by atoms with Gasteiger partial charge in [-0.05, 0) is 38.3 Å². The van der Waals surface area contributed by atoms with Crippen LogP contribution in [0.5, 0.6) is 11.5 Å². The third-order valence-corrected chi connectivity index (χ3v) is 5.78. The van der Waals surface area contributed by atoms with Crippen LogP contribution in [0.15, 0.2) is 18.2 Å². The Morgan fingerprint density at radius 3 is 2.28 bits per heavy atom. The Kier molecular flexibility index (Phi) is 8.85. The molecule has 1 aromatic heterocycles. The quantitative estimate of drug-likeness (QED) is 0.564. The highest BCUT2D eigenvalue weighted by Crippen LogP contribution is 2.35. The first-order chi connectivity index (χ1) is 13.9. The molecule has 0 bridgehead atoms. The van der Waals surface area contributed by atoms with Crippen molar-refractivity contribution in [3.8, 4) is 11.5 Å². The lowest BCUT2D eigenvalue weighted by Crippen LogP contribution is -2.20. The van der Waals surface area contributed by atoms with E-state index in [0.29, 0.717) is 34.7 Å². The summed E-state index contributed by atoms with van der Waals surface area (Å²) in [6.07, 6.45) is 2.12. The smallest absolute Gasteiger partial charge is 0.265 e. The Labute approximate surface area is 176 Å². The Morgan fingerprint density at radius 2 is 1.76 bits per heavy atom. The molecule has 1 heterocycles. The molecule has 29 heavy (non-hydrogen) atoms. The summed E-state index contributed by atoms with van der Waals surface area (Å²) in [5.41, 5.74) is 0.332. The highest BCUT2D eigenvalue weighted by atomic mass is 32.1. The van der Waals surface area contributed by atoms with E-state index >= 15 is 0 Å². The molecule has 0 saturated carbocycles. The number of ether oxygens (including phenoxy) is 3. The second kappa shape index (κ2) is 11.1. The van der Waals surface area contributed by atoms with Gasteiger partial charge in [-0.25, -0.2) is 0 Å². The van der Waals surface area contributed by atoms with Crippen LogP contribution in [0.4, 0.5) is 5.13 Å². The molecule has 0 fully saturated rings. The van der Waals surface area contributed by atoms with E-state index in [4.69, 9.17) is 14.2 Å². The number of benzene rings is 1. The van der Waals surface area contributed by atoms with Gasteiger partial charge in [0, 0.05) is 5.92 Å². The maximum atomic E-state index is 12.8. The summed E-state index contributed by atoms with van der Waals surface area (Å²) < 4.78 is 16.5. The standard InChI is InChI=1S/C21H31N3O4S/c1-7-14(12-28-13(3)4)15(8-2)20-23-24-21(29-20)22-19(25)18-16(26-5)10-9-11-17(18)27-6/h9-11,13-15H,7-8,12H2,1-6H3,(H,22,24,25). The van der Waals surface area contributed by atoms with Crippen LogP contribution >= 0.6 is 11.3 Å². The predicted molar refractivity (Wildman–Crippen MR) is 115 cm³/mol. The van der Waals surface area contributed by atoms with Crippen LogP contribution in [0.3, 0.4) is 0 Å². The average Bonchev–Trinajstić information content (AvgIpc) is 3.17. The van der Waals surface area contributed by atoms with Crippen molar-refractivity contribution in [2.45, 2.75) is 52.6 Å². The molecule has 2 unspecified atom stereocenters. The van der Waals surface area contributed by atoms with Crippen molar-refractivity contribution in [2.75, 3.05) is 26.1 Å². The lowest BCUT2D eigenvalue weighted by molar-refractivity contribution is 0.0422. The molecule has 0 aliphatic rings. The molecular weight excluding hydrogens is 390 g/mol. The number of methoxy groups -OCH3 is 2. The largest absolute Gasteiger partial charge is 0.496 e. The van der Waals surface area contributed by atoms with Gasteiger partial charge in [-0.1, -0.05) is 37.7 Å². The van der Waals surface area contributed by atoms with Crippen LogP contribution in [-0.4, -0.2) is 43.0 Å². The molecule has 1 aromatic carbocycles. The van der Waals surface area contributed by atoms with E-state index in [1.54, 1.807) is 18.2 Å². The molecule has 2 aromatic rings. The highest BCUT2D eigenvalue weighted by Gasteiger charge is 2.26. The van der Waals surface area contributed by atoms with Crippen LogP contribution in [-0.2, 0) is 4.74 Å².